The van der Waals surface area contributed by atoms with E-state index in [1.165, 1.54) is 25.3 Å². The van der Waals surface area contributed by atoms with Gasteiger partial charge in [0.2, 0.25) is 5.91 Å². The maximum atomic E-state index is 12.8. The smallest absolute Gasteiger partial charge is 0.387 e. The first-order valence-electron chi connectivity index (χ1n) is 10.3. The van der Waals surface area contributed by atoms with E-state index in [1.54, 1.807) is 29.2 Å². The number of amides is 1. The Morgan fingerprint density at radius 1 is 1.16 bits per heavy atom. The number of nitrogens with zero attached hydrogens (tertiary/aromatic N) is 3. The van der Waals surface area contributed by atoms with Gasteiger partial charge in [0.25, 0.3) is 0 Å². The van der Waals surface area contributed by atoms with Crippen molar-refractivity contribution < 1.29 is 23.0 Å². The Hall–Kier alpha value is -3.44. The van der Waals surface area contributed by atoms with Crippen LogP contribution in [0.1, 0.15) is 23.1 Å². The predicted molar refractivity (Wildman–Crippen MR) is 116 cm³/mol. The molecule has 0 saturated carbocycles. The zero-order valence-electron chi connectivity index (χ0n) is 17.8. The number of hydrogen-bond donors (Lipinski definition) is 0. The fraction of sp³-hybridized carbons (Fsp3) is 0.333. The van der Waals surface area contributed by atoms with Gasteiger partial charge in [0.1, 0.15) is 0 Å². The number of ether oxygens (including phenoxy) is 2. The lowest BCUT2D eigenvalue weighted by Crippen LogP contribution is -2.34. The van der Waals surface area contributed by atoms with Crippen LogP contribution < -0.4 is 9.47 Å². The molecule has 0 aliphatic carbocycles. The van der Waals surface area contributed by atoms with Crippen molar-refractivity contribution in [3.63, 3.8) is 0 Å². The molecule has 168 valence electrons. The average molecular weight is 441 g/mol. The number of carbonyl (C=O) groups is 1. The minimum atomic E-state index is -3.00. The van der Waals surface area contributed by atoms with E-state index in [0.717, 1.165) is 31.6 Å². The molecule has 0 N–H and O–H groups in total. The summed E-state index contributed by atoms with van der Waals surface area (Å²) in [5.41, 5.74) is 2.09. The Bertz CT molecular complexity index is 987. The third kappa shape index (κ3) is 6.28. The largest absolute Gasteiger partial charge is 0.493 e. The van der Waals surface area contributed by atoms with E-state index >= 15 is 0 Å². The van der Waals surface area contributed by atoms with Gasteiger partial charge in [-0.2, -0.15) is 14.0 Å². The SMILES string of the molecule is COc1cccc(/C=C/C(=O)N2CCCN(Cc3ccc(C#N)cc3)CC2)c1OC(F)F. The van der Waals surface area contributed by atoms with Gasteiger partial charge in [-0.15, -0.1) is 0 Å². The summed E-state index contributed by atoms with van der Waals surface area (Å²) in [5, 5.41) is 8.91. The highest BCUT2D eigenvalue weighted by molar-refractivity contribution is 5.92. The van der Waals surface area contributed by atoms with Crippen LogP contribution in [0.25, 0.3) is 6.08 Å². The molecular weight excluding hydrogens is 416 g/mol. The molecule has 32 heavy (non-hydrogen) atoms. The Morgan fingerprint density at radius 2 is 1.94 bits per heavy atom. The monoisotopic (exact) mass is 441 g/mol. The molecule has 0 spiro atoms. The van der Waals surface area contributed by atoms with E-state index in [0.29, 0.717) is 24.2 Å². The summed E-state index contributed by atoms with van der Waals surface area (Å²) in [6, 6.07) is 14.4. The summed E-state index contributed by atoms with van der Waals surface area (Å²) < 4.78 is 35.3. The molecule has 0 atom stereocenters. The van der Waals surface area contributed by atoms with Crippen LogP contribution in [-0.2, 0) is 11.3 Å². The second kappa shape index (κ2) is 11.3. The van der Waals surface area contributed by atoms with Gasteiger partial charge >= 0.3 is 6.61 Å². The van der Waals surface area contributed by atoms with Crippen LogP contribution in [0.5, 0.6) is 11.5 Å². The van der Waals surface area contributed by atoms with Gasteiger partial charge in [0.05, 0.1) is 18.7 Å². The number of rotatable bonds is 7. The number of halogens is 2. The second-order valence-corrected chi connectivity index (χ2v) is 7.35. The molecule has 0 bridgehead atoms. The van der Waals surface area contributed by atoms with Gasteiger partial charge < -0.3 is 14.4 Å². The van der Waals surface area contributed by atoms with Crippen molar-refractivity contribution in [3.05, 3.63) is 65.2 Å². The predicted octanol–water partition coefficient (Wildman–Crippen LogP) is 3.92. The maximum Gasteiger partial charge on any atom is 0.387 e. The molecule has 1 aliphatic heterocycles. The molecule has 1 fully saturated rings. The molecule has 8 heteroatoms. The van der Waals surface area contributed by atoms with Crippen molar-refractivity contribution in [2.45, 2.75) is 19.6 Å². The van der Waals surface area contributed by atoms with Crippen LogP contribution in [0.15, 0.2) is 48.5 Å². The Kier molecular flexibility index (Phi) is 8.17. The minimum Gasteiger partial charge on any atom is -0.493 e. The first-order chi connectivity index (χ1) is 15.5. The molecule has 3 rings (SSSR count). The van der Waals surface area contributed by atoms with Gasteiger partial charge in [-0.05, 0) is 36.3 Å². The molecule has 0 aromatic heterocycles. The van der Waals surface area contributed by atoms with E-state index < -0.39 is 6.61 Å². The summed E-state index contributed by atoms with van der Waals surface area (Å²) in [7, 11) is 1.37. The number of alkyl halides is 2. The Morgan fingerprint density at radius 3 is 2.62 bits per heavy atom. The number of para-hydroxylation sites is 1. The van der Waals surface area contributed by atoms with E-state index in [2.05, 4.69) is 15.7 Å². The molecule has 1 aliphatic rings. The quantitative estimate of drug-likeness (QED) is 0.610. The second-order valence-electron chi connectivity index (χ2n) is 7.35. The first kappa shape index (κ1) is 23.2. The van der Waals surface area contributed by atoms with Gasteiger partial charge in [-0.25, -0.2) is 0 Å². The van der Waals surface area contributed by atoms with Crippen molar-refractivity contribution in [2.75, 3.05) is 33.3 Å². The number of nitriles is 1. The fourth-order valence-electron chi connectivity index (χ4n) is 3.60. The molecule has 6 nitrogen and oxygen atoms in total. The lowest BCUT2D eigenvalue weighted by atomic mass is 10.1. The molecule has 0 radical (unpaired) electrons. The topological polar surface area (TPSA) is 65.8 Å². The number of carbonyl (C=O) groups excluding carboxylic acids is 1. The van der Waals surface area contributed by atoms with Crippen molar-refractivity contribution in [1.29, 1.82) is 5.26 Å². The van der Waals surface area contributed by atoms with Gasteiger partial charge in [0, 0.05) is 44.4 Å². The van der Waals surface area contributed by atoms with E-state index in [4.69, 9.17) is 10.00 Å². The number of benzene rings is 2. The maximum absolute atomic E-state index is 12.8. The zero-order chi connectivity index (χ0) is 22.9. The molecule has 1 saturated heterocycles. The summed E-state index contributed by atoms with van der Waals surface area (Å²) in [6.45, 7) is 0.515. The molecule has 0 unspecified atom stereocenters. The summed E-state index contributed by atoms with van der Waals surface area (Å²) in [6.07, 6.45) is 3.68. The summed E-state index contributed by atoms with van der Waals surface area (Å²) >= 11 is 0. The molecule has 2 aromatic rings. The highest BCUT2D eigenvalue weighted by Crippen LogP contribution is 2.33. The van der Waals surface area contributed by atoms with Crippen LogP contribution in [-0.4, -0.2) is 55.6 Å². The summed E-state index contributed by atoms with van der Waals surface area (Å²) in [5.74, 6) is -0.109. The van der Waals surface area contributed by atoms with Crippen molar-refractivity contribution in [3.8, 4) is 17.6 Å². The average Bonchev–Trinajstić information content (AvgIpc) is 3.04. The molecular formula is C24H25F2N3O3. The lowest BCUT2D eigenvalue weighted by molar-refractivity contribution is -0.125. The highest BCUT2D eigenvalue weighted by Gasteiger charge is 2.19. The van der Waals surface area contributed by atoms with Gasteiger partial charge in [-0.1, -0.05) is 24.3 Å². The standard InChI is InChI=1S/C24H25F2N3O3/c1-31-21-5-2-4-20(23(21)32-24(25)26)10-11-22(30)29-13-3-12-28(14-15-29)17-19-8-6-18(16-27)7-9-19/h2,4-11,24H,3,12-15,17H2,1H3/b11-10+. The Balaban J connectivity index is 1.61. The highest BCUT2D eigenvalue weighted by atomic mass is 19.3. The van der Waals surface area contributed by atoms with E-state index in [1.807, 2.05) is 12.1 Å². The van der Waals surface area contributed by atoms with Crippen LogP contribution >= 0.6 is 0 Å². The van der Waals surface area contributed by atoms with Gasteiger partial charge in [-0.3, -0.25) is 9.69 Å². The summed E-state index contributed by atoms with van der Waals surface area (Å²) in [4.78, 5) is 16.7. The van der Waals surface area contributed by atoms with Gasteiger partial charge in [0.15, 0.2) is 11.5 Å². The van der Waals surface area contributed by atoms with E-state index in [-0.39, 0.29) is 17.4 Å². The van der Waals surface area contributed by atoms with E-state index in [9.17, 15) is 13.6 Å². The lowest BCUT2D eigenvalue weighted by Gasteiger charge is -2.21. The first-order valence-corrected chi connectivity index (χ1v) is 10.3. The van der Waals surface area contributed by atoms with Crippen LogP contribution in [0.2, 0.25) is 0 Å². The van der Waals surface area contributed by atoms with Crippen molar-refractivity contribution >= 4 is 12.0 Å². The Labute approximate surface area is 186 Å². The van der Waals surface area contributed by atoms with Crippen LogP contribution in [0, 0.1) is 11.3 Å². The number of hydrogen-bond acceptors (Lipinski definition) is 5. The minimum absolute atomic E-state index is 0.0986. The van der Waals surface area contributed by atoms with Crippen LogP contribution in [0.3, 0.4) is 0 Å². The van der Waals surface area contributed by atoms with Crippen molar-refractivity contribution in [1.82, 2.24) is 9.80 Å². The zero-order valence-corrected chi connectivity index (χ0v) is 17.8. The molecule has 1 heterocycles. The normalized spacial score (nSPS) is 14.9. The van der Waals surface area contributed by atoms with Crippen LogP contribution in [0.4, 0.5) is 8.78 Å². The third-order valence-electron chi connectivity index (χ3n) is 5.23. The van der Waals surface area contributed by atoms with Crippen molar-refractivity contribution in [2.24, 2.45) is 0 Å². The molecule has 2 aromatic carbocycles. The number of methoxy groups -OCH3 is 1. The molecule has 1 amide bonds. The fourth-order valence-corrected chi connectivity index (χ4v) is 3.60. The third-order valence-corrected chi connectivity index (χ3v) is 5.23.